The molecule has 0 bridgehead atoms. The van der Waals surface area contributed by atoms with Gasteiger partial charge >= 0.3 is 0 Å². The van der Waals surface area contributed by atoms with Crippen molar-refractivity contribution in [1.82, 2.24) is 0 Å². The van der Waals surface area contributed by atoms with Crippen LogP contribution in [0.1, 0.15) is 5.56 Å². The summed E-state index contributed by atoms with van der Waals surface area (Å²) in [6.07, 6.45) is 0. The van der Waals surface area contributed by atoms with Crippen molar-refractivity contribution in [1.29, 1.82) is 0 Å². The van der Waals surface area contributed by atoms with E-state index in [1.54, 1.807) is 18.2 Å². The first-order valence-corrected chi connectivity index (χ1v) is 6.30. The van der Waals surface area contributed by atoms with Crippen LogP contribution in [0, 0.1) is 15.2 Å². The lowest BCUT2D eigenvalue weighted by Crippen LogP contribution is -2.01. The van der Waals surface area contributed by atoms with Gasteiger partial charge in [-0.25, -0.2) is 8.78 Å². The summed E-state index contributed by atoms with van der Waals surface area (Å²) in [6.45, 7) is 0.0803. The van der Waals surface area contributed by atoms with Crippen LogP contribution in [-0.2, 0) is 6.54 Å². The van der Waals surface area contributed by atoms with Gasteiger partial charge in [0.05, 0.1) is 3.57 Å². The molecule has 2 nitrogen and oxygen atoms in total. The van der Waals surface area contributed by atoms with Gasteiger partial charge < -0.3 is 10.5 Å². The quantitative estimate of drug-likeness (QED) is 0.844. The Kier molecular flexibility index (Phi) is 4.13. The summed E-state index contributed by atoms with van der Waals surface area (Å²) in [6, 6.07) is 9.35. The van der Waals surface area contributed by atoms with Gasteiger partial charge in [-0.15, -0.1) is 0 Å². The Bertz CT molecular complexity index is 552. The molecule has 2 N–H and O–H groups in total. The first-order chi connectivity index (χ1) is 8.61. The minimum atomic E-state index is -0.755. The molecule has 94 valence electrons. The van der Waals surface area contributed by atoms with Gasteiger partial charge in [0, 0.05) is 6.54 Å². The summed E-state index contributed by atoms with van der Waals surface area (Å²) >= 11 is 2.03. The number of ether oxygens (including phenoxy) is 1. The molecule has 0 amide bonds. The summed E-state index contributed by atoms with van der Waals surface area (Å²) in [5.74, 6) is -1.50. The second kappa shape index (κ2) is 5.62. The first kappa shape index (κ1) is 13.2. The van der Waals surface area contributed by atoms with E-state index in [0.29, 0.717) is 11.3 Å². The van der Waals surface area contributed by atoms with Crippen molar-refractivity contribution in [3.63, 3.8) is 0 Å². The van der Waals surface area contributed by atoms with Crippen LogP contribution < -0.4 is 10.5 Å². The number of halogens is 3. The second-order valence-electron chi connectivity index (χ2n) is 3.63. The molecule has 0 atom stereocenters. The average molecular weight is 361 g/mol. The molecule has 5 heteroatoms. The van der Waals surface area contributed by atoms with E-state index in [1.165, 1.54) is 12.1 Å². The van der Waals surface area contributed by atoms with Gasteiger partial charge in [0.15, 0.2) is 17.4 Å². The molecule has 0 fully saturated rings. The van der Waals surface area contributed by atoms with Gasteiger partial charge in [0.1, 0.15) is 5.75 Å². The number of benzene rings is 2. The van der Waals surface area contributed by atoms with Crippen molar-refractivity contribution >= 4 is 22.6 Å². The maximum Gasteiger partial charge on any atom is 0.198 e. The molecule has 0 aliphatic carbocycles. The van der Waals surface area contributed by atoms with Crippen molar-refractivity contribution < 1.29 is 13.5 Å². The lowest BCUT2D eigenvalue weighted by atomic mass is 10.2. The number of rotatable bonds is 3. The highest BCUT2D eigenvalue weighted by molar-refractivity contribution is 14.1. The van der Waals surface area contributed by atoms with Gasteiger partial charge in [-0.2, -0.15) is 0 Å². The zero-order valence-electron chi connectivity index (χ0n) is 9.29. The van der Waals surface area contributed by atoms with Crippen LogP contribution >= 0.6 is 22.6 Å². The SMILES string of the molecule is NCc1cc(F)c(Oc2ccccc2I)c(F)c1. The molecule has 18 heavy (non-hydrogen) atoms. The second-order valence-corrected chi connectivity index (χ2v) is 4.79. The molecular weight excluding hydrogens is 351 g/mol. The van der Waals surface area contributed by atoms with E-state index < -0.39 is 17.4 Å². The molecule has 0 heterocycles. The van der Waals surface area contributed by atoms with Crippen molar-refractivity contribution in [3.05, 3.63) is 57.2 Å². The van der Waals surface area contributed by atoms with Gasteiger partial charge in [0.2, 0.25) is 0 Å². The number of hydrogen-bond donors (Lipinski definition) is 1. The molecule has 0 radical (unpaired) electrons. The summed E-state index contributed by atoms with van der Waals surface area (Å²) in [5, 5.41) is 0. The first-order valence-electron chi connectivity index (χ1n) is 5.22. The molecule has 0 aromatic heterocycles. The molecule has 2 rings (SSSR count). The predicted octanol–water partition coefficient (Wildman–Crippen LogP) is 3.82. The fourth-order valence-corrected chi connectivity index (χ4v) is 1.96. The van der Waals surface area contributed by atoms with Crippen molar-refractivity contribution in [2.24, 2.45) is 5.73 Å². The Morgan fingerprint density at radius 1 is 1.11 bits per heavy atom. The Morgan fingerprint density at radius 2 is 1.72 bits per heavy atom. The van der Waals surface area contributed by atoms with Gasteiger partial charge in [-0.1, -0.05) is 12.1 Å². The largest absolute Gasteiger partial charge is 0.450 e. The highest BCUT2D eigenvalue weighted by Gasteiger charge is 2.14. The van der Waals surface area contributed by atoms with E-state index >= 15 is 0 Å². The number of para-hydroxylation sites is 1. The standard InChI is InChI=1S/C13H10F2INO/c14-9-5-8(7-17)6-10(15)13(9)18-12-4-2-1-3-11(12)16/h1-6H,7,17H2. The fourth-order valence-electron chi connectivity index (χ4n) is 1.47. The molecule has 0 saturated heterocycles. The monoisotopic (exact) mass is 361 g/mol. The molecule has 0 saturated carbocycles. The van der Waals surface area contributed by atoms with E-state index in [9.17, 15) is 8.78 Å². The summed E-state index contributed by atoms with van der Waals surface area (Å²) in [5.41, 5.74) is 5.73. The predicted molar refractivity (Wildman–Crippen MR) is 73.5 cm³/mol. The average Bonchev–Trinajstić information content (AvgIpc) is 2.35. The molecule has 0 unspecified atom stereocenters. The maximum atomic E-state index is 13.7. The Balaban J connectivity index is 2.38. The lowest BCUT2D eigenvalue weighted by molar-refractivity contribution is 0.404. The Hall–Kier alpha value is -1.21. The Labute approximate surface area is 117 Å². The van der Waals surface area contributed by atoms with Crippen LogP contribution in [0.3, 0.4) is 0 Å². The van der Waals surface area contributed by atoms with Crippen molar-refractivity contribution in [2.75, 3.05) is 0 Å². The highest BCUT2D eigenvalue weighted by atomic mass is 127. The fraction of sp³-hybridized carbons (Fsp3) is 0.0769. The molecule has 0 aliphatic heterocycles. The Morgan fingerprint density at radius 3 is 2.28 bits per heavy atom. The van der Waals surface area contributed by atoms with E-state index in [2.05, 4.69) is 0 Å². The van der Waals surface area contributed by atoms with E-state index in [4.69, 9.17) is 10.5 Å². The molecular formula is C13H10F2INO. The zero-order valence-corrected chi connectivity index (χ0v) is 11.4. The van der Waals surface area contributed by atoms with Crippen LogP contribution in [0.4, 0.5) is 8.78 Å². The normalized spacial score (nSPS) is 10.4. The van der Waals surface area contributed by atoms with Crippen molar-refractivity contribution in [2.45, 2.75) is 6.54 Å². The van der Waals surface area contributed by atoms with Crippen LogP contribution in [0.2, 0.25) is 0 Å². The summed E-state index contributed by atoms with van der Waals surface area (Å²) in [7, 11) is 0. The lowest BCUT2D eigenvalue weighted by Gasteiger charge is -2.10. The molecule has 2 aromatic carbocycles. The van der Waals surface area contributed by atoms with E-state index in [-0.39, 0.29) is 6.54 Å². The highest BCUT2D eigenvalue weighted by Crippen LogP contribution is 2.31. The van der Waals surface area contributed by atoms with Crippen LogP contribution in [0.15, 0.2) is 36.4 Å². The third-order valence-corrected chi connectivity index (χ3v) is 3.23. The van der Waals surface area contributed by atoms with Gasteiger partial charge in [-0.05, 0) is 52.4 Å². The number of hydrogen-bond acceptors (Lipinski definition) is 2. The van der Waals surface area contributed by atoms with E-state index in [1.807, 2.05) is 28.7 Å². The summed E-state index contributed by atoms with van der Waals surface area (Å²) in [4.78, 5) is 0. The minimum Gasteiger partial charge on any atom is -0.450 e. The smallest absolute Gasteiger partial charge is 0.198 e. The zero-order chi connectivity index (χ0) is 13.1. The maximum absolute atomic E-state index is 13.7. The van der Waals surface area contributed by atoms with Crippen molar-refractivity contribution in [3.8, 4) is 11.5 Å². The number of nitrogens with two attached hydrogens (primary N) is 1. The van der Waals surface area contributed by atoms with E-state index in [0.717, 1.165) is 3.57 Å². The van der Waals surface area contributed by atoms with Gasteiger partial charge in [0.25, 0.3) is 0 Å². The third-order valence-electron chi connectivity index (χ3n) is 2.34. The van der Waals surface area contributed by atoms with Crippen LogP contribution in [0.25, 0.3) is 0 Å². The third kappa shape index (κ3) is 2.78. The van der Waals surface area contributed by atoms with Crippen LogP contribution in [-0.4, -0.2) is 0 Å². The molecule has 2 aromatic rings. The van der Waals surface area contributed by atoms with Gasteiger partial charge in [-0.3, -0.25) is 0 Å². The minimum absolute atomic E-state index is 0.0803. The topological polar surface area (TPSA) is 35.2 Å². The molecule has 0 aliphatic rings. The molecule has 0 spiro atoms. The van der Waals surface area contributed by atoms with Crippen LogP contribution in [0.5, 0.6) is 11.5 Å². The summed E-state index contributed by atoms with van der Waals surface area (Å²) < 4.78 is 33.4.